The summed E-state index contributed by atoms with van der Waals surface area (Å²) in [6.07, 6.45) is 2.20. The van der Waals surface area contributed by atoms with Gasteiger partial charge in [-0.1, -0.05) is 18.5 Å². The lowest BCUT2D eigenvalue weighted by Crippen LogP contribution is -2.05. The predicted molar refractivity (Wildman–Crippen MR) is 40.6 cm³/mol. The van der Waals surface area contributed by atoms with Crippen LogP contribution in [0.1, 0.15) is 26.7 Å². The van der Waals surface area contributed by atoms with Crippen molar-refractivity contribution in [3.05, 3.63) is 0 Å². The van der Waals surface area contributed by atoms with E-state index >= 15 is 0 Å². The molecule has 0 amide bonds. The molecule has 0 saturated heterocycles. The summed E-state index contributed by atoms with van der Waals surface area (Å²) in [5, 5.41) is 11.2. The third kappa shape index (κ3) is 5.56. The number of oxime groups is 1. The van der Waals surface area contributed by atoms with Crippen LogP contribution in [0.25, 0.3) is 0 Å². The minimum absolute atomic E-state index is 0.441. The Balaban J connectivity index is 3.04. The van der Waals surface area contributed by atoms with E-state index < -0.39 is 0 Å². The molecule has 0 aliphatic heterocycles. The van der Waals surface area contributed by atoms with E-state index in [0.29, 0.717) is 12.3 Å². The SMILES string of the molecule is CCCCOCC(C)=NO. The molecular formula is C7H15NO2. The van der Waals surface area contributed by atoms with Gasteiger partial charge in [0.15, 0.2) is 0 Å². The molecule has 0 unspecified atom stereocenters. The highest BCUT2D eigenvalue weighted by Gasteiger charge is 1.90. The standard InChI is InChI=1S/C7H15NO2/c1-3-4-5-10-6-7(2)8-9/h9H,3-6H2,1-2H3. The Morgan fingerprint density at radius 1 is 1.60 bits per heavy atom. The summed E-state index contributed by atoms with van der Waals surface area (Å²) in [5.74, 6) is 0. The zero-order valence-corrected chi connectivity index (χ0v) is 6.63. The normalized spacial score (nSPS) is 12.0. The summed E-state index contributed by atoms with van der Waals surface area (Å²) in [4.78, 5) is 0. The summed E-state index contributed by atoms with van der Waals surface area (Å²) in [5.41, 5.74) is 0.621. The molecule has 1 N–H and O–H groups in total. The third-order valence-corrected chi connectivity index (χ3v) is 1.12. The lowest BCUT2D eigenvalue weighted by atomic mass is 10.4. The van der Waals surface area contributed by atoms with Crippen LogP contribution in [0.5, 0.6) is 0 Å². The molecule has 0 rings (SSSR count). The van der Waals surface area contributed by atoms with Crippen LogP contribution >= 0.6 is 0 Å². The van der Waals surface area contributed by atoms with Crippen LogP contribution in [-0.2, 0) is 4.74 Å². The van der Waals surface area contributed by atoms with E-state index in [9.17, 15) is 0 Å². The molecule has 0 heterocycles. The van der Waals surface area contributed by atoms with Gasteiger partial charge in [0.05, 0.1) is 12.3 Å². The molecule has 0 bridgehead atoms. The van der Waals surface area contributed by atoms with Crippen LogP contribution in [0, 0.1) is 0 Å². The Hall–Kier alpha value is -0.570. The van der Waals surface area contributed by atoms with Crippen molar-refractivity contribution in [3.8, 4) is 0 Å². The largest absolute Gasteiger partial charge is 0.411 e. The monoisotopic (exact) mass is 145 g/mol. The maximum absolute atomic E-state index is 8.20. The molecule has 0 saturated carbocycles. The van der Waals surface area contributed by atoms with Gasteiger partial charge < -0.3 is 9.94 Å². The molecule has 0 atom stereocenters. The maximum Gasteiger partial charge on any atom is 0.0878 e. The number of hydrogen-bond acceptors (Lipinski definition) is 3. The number of hydrogen-bond donors (Lipinski definition) is 1. The van der Waals surface area contributed by atoms with Crippen LogP contribution in [0.4, 0.5) is 0 Å². The van der Waals surface area contributed by atoms with Crippen molar-refractivity contribution < 1.29 is 9.94 Å². The lowest BCUT2D eigenvalue weighted by Gasteiger charge is -1.99. The Labute approximate surface area is 61.7 Å². The van der Waals surface area contributed by atoms with Crippen molar-refractivity contribution in [1.29, 1.82) is 0 Å². The Bertz CT molecular complexity index is 102. The molecule has 0 fully saturated rings. The first-order valence-electron chi connectivity index (χ1n) is 3.56. The van der Waals surface area contributed by atoms with Crippen molar-refractivity contribution in [2.24, 2.45) is 5.16 Å². The summed E-state index contributed by atoms with van der Waals surface area (Å²) in [7, 11) is 0. The average molecular weight is 145 g/mol. The van der Waals surface area contributed by atoms with Crippen LogP contribution in [0.15, 0.2) is 5.16 Å². The first-order chi connectivity index (χ1) is 4.81. The van der Waals surface area contributed by atoms with E-state index in [1.54, 1.807) is 6.92 Å². The minimum Gasteiger partial charge on any atom is -0.411 e. The fourth-order valence-corrected chi connectivity index (χ4v) is 0.495. The van der Waals surface area contributed by atoms with Crippen LogP contribution < -0.4 is 0 Å². The summed E-state index contributed by atoms with van der Waals surface area (Å²) in [6.45, 7) is 5.03. The first-order valence-corrected chi connectivity index (χ1v) is 3.56. The van der Waals surface area contributed by atoms with Gasteiger partial charge in [-0.2, -0.15) is 0 Å². The molecule has 0 aliphatic rings. The summed E-state index contributed by atoms with van der Waals surface area (Å²) >= 11 is 0. The smallest absolute Gasteiger partial charge is 0.0878 e. The van der Waals surface area contributed by atoms with Crippen molar-refractivity contribution >= 4 is 5.71 Å². The van der Waals surface area contributed by atoms with Crippen molar-refractivity contribution in [2.45, 2.75) is 26.7 Å². The van der Waals surface area contributed by atoms with Gasteiger partial charge in [-0.15, -0.1) is 0 Å². The van der Waals surface area contributed by atoms with Gasteiger partial charge in [-0.25, -0.2) is 0 Å². The number of ether oxygens (including phenoxy) is 1. The van der Waals surface area contributed by atoms with Crippen molar-refractivity contribution in [1.82, 2.24) is 0 Å². The summed E-state index contributed by atoms with van der Waals surface area (Å²) < 4.78 is 5.14. The highest BCUT2D eigenvalue weighted by molar-refractivity contribution is 5.82. The molecule has 0 aliphatic carbocycles. The van der Waals surface area contributed by atoms with Gasteiger partial charge in [-0.05, 0) is 13.3 Å². The molecule has 0 spiro atoms. The predicted octanol–water partition coefficient (Wildman–Crippen LogP) is 1.65. The molecule has 60 valence electrons. The summed E-state index contributed by atoms with van der Waals surface area (Å²) in [6, 6.07) is 0. The Kier molecular flexibility index (Phi) is 6.18. The zero-order chi connectivity index (χ0) is 7.82. The molecule has 0 aromatic rings. The van der Waals surface area contributed by atoms with Gasteiger partial charge >= 0.3 is 0 Å². The highest BCUT2D eigenvalue weighted by Crippen LogP contribution is 1.87. The minimum atomic E-state index is 0.441. The van der Waals surface area contributed by atoms with Gasteiger partial charge in [0, 0.05) is 6.61 Å². The first kappa shape index (κ1) is 9.43. The Morgan fingerprint density at radius 2 is 2.30 bits per heavy atom. The molecule has 0 aromatic heterocycles. The van der Waals surface area contributed by atoms with Crippen LogP contribution in [0.2, 0.25) is 0 Å². The van der Waals surface area contributed by atoms with E-state index in [2.05, 4.69) is 12.1 Å². The average Bonchev–Trinajstić information content (AvgIpc) is 1.98. The second-order valence-corrected chi connectivity index (χ2v) is 2.24. The molecule has 3 nitrogen and oxygen atoms in total. The van der Waals surface area contributed by atoms with Crippen LogP contribution in [0.3, 0.4) is 0 Å². The second-order valence-electron chi connectivity index (χ2n) is 2.24. The lowest BCUT2D eigenvalue weighted by molar-refractivity contribution is 0.164. The highest BCUT2D eigenvalue weighted by atomic mass is 16.5. The molecule has 10 heavy (non-hydrogen) atoms. The molecule has 3 heteroatoms. The molecule has 0 aromatic carbocycles. The van der Waals surface area contributed by atoms with E-state index in [1.165, 1.54) is 0 Å². The second kappa shape index (κ2) is 6.55. The van der Waals surface area contributed by atoms with Gasteiger partial charge in [-0.3, -0.25) is 0 Å². The number of unbranched alkanes of at least 4 members (excludes halogenated alkanes) is 1. The zero-order valence-electron chi connectivity index (χ0n) is 6.63. The van der Waals surface area contributed by atoms with Gasteiger partial charge in [0.25, 0.3) is 0 Å². The fourth-order valence-electron chi connectivity index (χ4n) is 0.495. The van der Waals surface area contributed by atoms with Gasteiger partial charge in [0.1, 0.15) is 0 Å². The quantitative estimate of drug-likeness (QED) is 0.276. The van der Waals surface area contributed by atoms with Crippen LogP contribution in [-0.4, -0.2) is 24.1 Å². The van der Waals surface area contributed by atoms with E-state index in [4.69, 9.17) is 9.94 Å². The van der Waals surface area contributed by atoms with Gasteiger partial charge in [0.2, 0.25) is 0 Å². The van der Waals surface area contributed by atoms with E-state index in [0.717, 1.165) is 19.4 Å². The molecule has 0 radical (unpaired) electrons. The molecular weight excluding hydrogens is 130 g/mol. The van der Waals surface area contributed by atoms with E-state index in [-0.39, 0.29) is 0 Å². The van der Waals surface area contributed by atoms with Crippen molar-refractivity contribution in [3.63, 3.8) is 0 Å². The maximum atomic E-state index is 8.20. The fraction of sp³-hybridized carbons (Fsp3) is 0.857. The third-order valence-electron chi connectivity index (χ3n) is 1.12. The van der Waals surface area contributed by atoms with Crippen molar-refractivity contribution in [2.75, 3.05) is 13.2 Å². The topological polar surface area (TPSA) is 41.8 Å². The van der Waals surface area contributed by atoms with E-state index in [1.807, 2.05) is 0 Å². The number of rotatable bonds is 5. The number of nitrogens with zero attached hydrogens (tertiary/aromatic N) is 1. The Morgan fingerprint density at radius 3 is 2.80 bits per heavy atom.